The van der Waals surface area contributed by atoms with Crippen LogP contribution in [0.4, 0.5) is 5.82 Å². The minimum atomic E-state index is 0.697. The number of aromatic nitrogens is 4. The predicted octanol–water partition coefficient (Wildman–Crippen LogP) is 0.914. The molecule has 21 heavy (non-hydrogen) atoms. The van der Waals surface area contributed by atoms with Crippen molar-refractivity contribution >= 4 is 5.82 Å². The summed E-state index contributed by atoms with van der Waals surface area (Å²) in [5, 5.41) is 12.2. The number of hydrogen-bond donors (Lipinski definition) is 2. The maximum atomic E-state index is 4.37. The van der Waals surface area contributed by atoms with Crippen molar-refractivity contribution < 1.29 is 0 Å². The van der Waals surface area contributed by atoms with Crippen molar-refractivity contribution in [2.45, 2.75) is 25.8 Å². The summed E-state index contributed by atoms with van der Waals surface area (Å²) in [4.78, 5) is 9.45. The van der Waals surface area contributed by atoms with Gasteiger partial charge in [0.25, 0.3) is 0 Å². The van der Waals surface area contributed by atoms with Crippen LogP contribution in [0.1, 0.15) is 23.4 Å². The summed E-state index contributed by atoms with van der Waals surface area (Å²) in [5.41, 5.74) is 3.74. The fourth-order valence-corrected chi connectivity index (χ4v) is 3.15. The van der Waals surface area contributed by atoms with Gasteiger partial charge in [0, 0.05) is 44.0 Å². The van der Waals surface area contributed by atoms with Gasteiger partial charge < -0.3 is 15.2 Å². The Morgan fingerprint density at radius 2 is 2.24 bits per heavy atom. The summed E-state index contributed by atoms with van der Waals surface area (Å²) in [6, 6.07) is 2.24. The number of nitrogens with zero attached hydrogens (tertiary/aromatic N) is 4. The third-order valence-corrected chi connectivity index (χ3v) is 4.39. The van der Waals surface area contributed by atoms with E-state index in [0.29, 0.717) is 5.92 Å². The second-order valence-corrected chi connectivity index (χ2v) is 6.01. The van der Waals surface area contributed by atoms with Crippen LogP contribution in [0, 0.1) is 5.92 Å². The number of rotatable bonds is 5. The summed E-state index contributed by atoms with van der Waals surface area (Å²) in [6.45, 7) is 4.04. The normalized spacial score (nSPS) is 17.8. The molecule has 2 aromatic heterocycles. The van der Waals surface area contributed by atoms with E-state index in [1.807, 2.05) is 6.20 Å². The van der Waals surface area contributed by atoms with Gasteiger partial charge in [0.1, 0.15) is 0 Å². The third kappa shape index (κ3) is 2.63. The van der Waals surface area contributed by atoms with Crippen molar-refractivity contribution in [2.75, 3.05) is 24.5 Å². The summed E-state index contributed by atoms with van der Waals surface area (Å²) in [6.07, 6.45) is 7.08. The van der Waals surface area contributed by atoms with Gasteiger partial charge in [-0.15, -0.1) is 5.10 Å². The molecular weight excluding hydrogens is 264 g/mol. The Morgan fingerprint density at radius 3 is 3.10 bits per heavy atom. The van der Waals surface area contributed by atoms with Crippen molar-refractivity contribution in [1.82, 2.24) is 25.5 Å². The maximum Gasteiger partial charge on any atom is 0.151 e. The molecule has 6 heteroatoms. The van der Waals surface area contributed by atoms with E-state index in [0.717, 1.165) is 44.1 Å². The maximum absolute atomic E-state index is 4.37. The van der Waals surface area contributed by atoms with Crippen LogP contribution in [0.3, 0.4) is 0 Å². The molecule has 2 aliphatic rings. The Balaban J connectivity index is 1.25. The molecule has 0 unspecified atom stereocenters. The second-order valence-electron chi connectivity index (χ2n) is 6.01. The van der Waals surface area contributed by atoms with Gasteiger partial charge in [-0.1, -0.05) is 0 Å². The van der Waals surface area contributed by atoms with Crippen molar-refractivity contribution in [3.05, 3.63) is 35.5 Å². The zero-order valence-electron chi connectivity index (χ0n) is 12.0. The summed E-state index contributed by atoms with van der Waals surface area (Å²) < 4.78 is 0. The molecule has 1 aliphatic heterocycles. The number of aryl methyl sites for hydroxylation is 2. The molecule has 0 radical (unpaired) electrons. The Labute approximate surface area is 124 Å². The Hall–Kier alpha value is -1.95. The van der Waals surface area contributed by atoms with E-state index in [9.17, 15) is 0 Å². The number of fused-ring (bicyclic) bond motifs is 1. The Bertz CT molecular complexity index is 603. The van der Waals surface area contributed by atoms with Gasteiger partial charge in [-0.2, -0.15) is 5.10 Å². The molecular formula is C15H20N6. The first-order chi connectivity index (χ1) is 10.4. The molecule has 0 amide bonds. The number of nitrogens with one attached hydrogen (secondary N) is 2. The van der Waals surface area contributed by atoms with Crippen LogP contribution in [0.2, 0.25) is 0 Å². The van der Waals surface area contributed by atoms with E-state index < -0.39 is 0 Å². The van der Waals surface area contributed by atoms with Crippen LogP contribution < -0.4 is 10.2 Å². The molecule has 3 heterocycles. The quantitative estimate of drug-likeness (QED) is 0.854. The topological polar surface area (TPSA) is 69.7 Å². The van der Waals surface area contributed by atoms with Crippen LogP contribution in [0.5, 0.6) is 0 Å². The van der Waals surface area contributed by atoms with E-state index in [2.05, 4.69) is 36.4 Å². The molecule has 1 aliphatic carbocycles. The molecule has 0 spiro atoms. The van der Waals surface area contributed by atoms with E-state index in [1.54, 1.807) is 6.33 Å². The van der Waals surface area contributed by atoms with Gasteiger partial charge >= 0.3 is 0 Å². The van der Waals surface area contributed by atoms with Crippen LogP contribution >= 0.6 is 0 Å². The van der Waals surface area contributed by atoms with E-state index in [4.69, 9.17) is 0 Å². The van der Waals surface area contributed by atoms with Crippen LogP contribution in [-0.4, -0.2) is 39.8 Å². The largest absolute Gasteiger partial charge is 0.354 e. The predicted molar refractivity (Wildman–Crippen MR) is 80.1 cm³/mol. The molecule has 4 rings (SSSR count). The monoisotopic (exact) mass is 284 g/mol. The fourth-order valence-electron chi connectivity index (χ4n) is 3.15. The van der Waals surface area contributed by atoms with Gasteiger partial charge in [-0.25, -0.2) is 4.98 Å². The minimum absolute atomic E-state index is 0.697. The Kier molecular flexibility index (Phi) is 3.31. The fraction of sp³-hybridized carbons (Fsp3) is 0.533. The van der Waals surface area contributed by atoms with Crippen molar-refractivity contribution in [3.63, 3.8) is 0 Å². The van der Waals surface area contributed by atoms with Gasteiger partial charge in [0.05, 0.1) is 12.0 Å². The van der Waals surface area contributed by atoms with Gasteiger partial charge in [-0.3, -0.25) is 0 Å². The standard InChI is InChI=1S/C15H20N6/c1-2-12-4-15(20-19-14(12)3-1)21-8-11(9-21)5-16-6-13-7-17-10-18-13/h4,7,10-11,16H,1-3,5-6,8-9H2,(H,17,18). The van der Waals surface area contributed by atoms with Crippen molar-refractivity contribution in [3.8, 4) is 0 Å². The minimum Gasteiger partial charge on any atom is -0.354 e. The van der Waals surface area contributed by atoms with E-state index in [1.165, 1.54) is 24.1 Å². The number of hydrogen-bond acceptors (Lipinski definition) is 5. The van der Waals surface area contributed by atoms with Crippen LogP contribution in [-0.2, 0) is 19.4 Å². The average Bonchev–Trinajstić information content (AvgIpc) is 3.11. The zero-order valence-corrected chi connectivity index (χ0v) is 12.0. The first kappa shape index (κ1) is 12.8. The van der Waals surface area contributed by atoms with Crippen LogP contribution in [0.15, 0.2) is 18.6 Å². The van der Waals surface area contributed by atoms with E-state index in [-0.39, 0.29) is 0 Å². The summed E-state index contributed by atoms with van der Waals surface area (Å²) >= 11 is 0. The highest BCUT2D eigenvalue weighted by atomic mass is 15.3. The average molecular weight is 284 g/mol. The molecule has 0 bridgehead atoms. The SMILES string of the molecule is c1ncc(CNCC2CN(c3cc4c(nn3)CCC4)C2)[nH]1. The zero-order chi connectivity index (χ0) is 14.1. The molecule has 1 saturated heterocycles. The number of imidazole rings is 1. The number of anilines is 1. The summed E-state index contributed by atoms with van der Waals surface area (Å²) in [7, 11) is 0. The Morgan fingerprint density at radius 1 is 1.29 bits per heavy atom. The van der Waals surface area contributed by atoms with Crippen LogP contribution in [0.25, 0.3) is 0 Å². The number of H-pyrrole nitrogens is 1. The number of aromatic amines is 1. The van der Waals surface area contributed by atoms with Crippen molar-refractivity contribution in [1.29, 1.82) is 0 Å². The van der Waals surface area contributed by atoms with Gasteiger partial charge in [0.15, 0.2) is 5.82 Å². The van der Waals surface area contributed by atoms with Gasteiger partial charge in [0.2, 0.25) is 0 Å². The third-order valence-electron chi connectivity index (χ3n) is 4.39. The first-order valence-corrected chi connectivity index (χ1v) is 7.67. The molecule has 6 nitrogen and oxygen atoms in total. The van der Waals surface area contributed by atoms with E-state index >= 15 is 0 Å². The lowest BCUT2D eigenvalue weighted by molar-refractivity contribution is 0.380. The molecule has 0 saturated carbocycles. The first-order valence-electron chi connectivity index (χ1n) is 7.67. The lowest BCUT2D eigenvalue weighted by Crippen LogP contribution is -2.51. The molecule has 1 fully saturated rings. The molecule has 110 valence electrons. The lowest BCUT2D eigenvalue weighted by Gasteiger charge is -2.40. The van der Waals surface area contributed by atoms with Crippen molar-refractivity contribution in [2.24, 2.45) is 5.92 Å². The molecule has 2 aromatic rings. The summed E-state index contributed by atoms with van der Waals surface area (Å²) in [5.74, 6) is 1.75. The lowest BCUT2D eigenvalue weighted by atomic mass is 10.00. The molecule has 0 aromatic carbocycles. The van der Waals surface area contributed by atoms with Gasteiger partial charge in [-0.05, 0) is 30.9 Å². The highest BCUT2D eigenvalue weighted by molar-refractivity contribution is 5.45. The molecule has 2 N–H and O–H groups in total. The smallest absolute Gasteiger partial charge is 0.151 e. The highest BCUT2D eigenvalue weighted by Gasteiger charge is 2.28. The molecule has 0 atom stereocenters. The highest BCUT2D eigenvalue weighted by Crippen LogP contribution is 2.26. The second kappa shape index (κ2) is 5.44.